The Balaban J connectivity index is 1.94. The smallest absolute Gasteiger partial charge is 0.320 e. The van der Waals surface area contributed by atoms with Crippen molar-refractivity contribution in [2.75, 3.05) is 39.8 Å². The number of rotatable bonds is 6. The Morgan fingerprint density at radius 2 is 1.71 bits per heavy atom. The van der Waals surface area contributed by atoms with Crippen molar-refractivity contribution >= 4 is 16.0 Å². The second kappa shape index (κ2) is 7.96. The summed E-state index contributed by atoms with van der Waals surface area (Å²) in [5, 5.41) is 0. The lowest BCUT2D eigenvalue weighted by molar-refractivity contribution is -0.148. The van der Waals surface area contributed by atoms with Crippen molar-refractivity contribution in [3.8, 4) is 5.75 Å². The van der Waals surface area contributed by atoms with E-state index in [1.807, 2.05) is 4.90 Å². The third-order valence-electron chi connectivity index (χ3n) is 3.75. The van der Waals surface area contributed by atoms with Gasteiger partial charge in [0.25, 0.3) is 0 Å². The molecule has 7 nitrogen and oxygen atoms in total. The summed E-state index contributed by atoms with van der Waals surface area (Å²) in [4.78, 5) is 13.8. The first-order valence-electron chi connectivity index (χ1n) is 7.89. The van der Waals surface area contributed by atoms with Gasteiger partial charge in [-0.15, -0.1) is 0 Å². The summed E-state index contributed by atoms with van der Waals surface area (Å²) in [6, 6.07) is 6.34. The molecule has 0 aromatic heterocycles. The fourth-order valence-corrected chi connectivity index (χ4v) is 3.93. The fourth-order valence-electron chi connectivity index (χ4n) is 2.51. The number of benzene rings is 1. The predicted octanol–water partition coefficient (Wildman–Crippen LogP) is 0.953. The minimum Gasteiger partial charge on any atom is -0.497 e. The lowest BCUT2D eigenvalue weighted by atomic mass is 10.3. The third kappa shape index (κ3) is 4.68. The molecule has 1 aromatic carbocycles. The Labute approximate surface area is 143 Å². The molecule has 0 bridgehead atoms. The molecule has 8 heteroatoms. The number of sulfonamides is 1. The van der Waals surface area contributed by atoms with E-state index in [0.717, 1.165) is 0 Å². The van der Waals surface area contributed by atoms with Crippen LogP contribution in [-0.4, -0.2) is 69.5 Å². The van der Waals surface area contributed by atoms with Gasteiger partial charge in [-0.3, -0.25) is 9.69 Å². The van der Waals surface area contributed by atoms with Crippen molar-refractivity contribution in [2.24, 2.45) is 0 Å². The highest BCUT2D eigenvalue weighted by molar-refractivity contribution is 7.89. The predicted molar refractivity (Wildman–Crippen MR) is 89.4 cm³/mol. The summed E-state index contributed by atoms with van der Waals surface area (Å²) >= 11 is 0. The zero-order chi connectivity index (χ0) is 17.7. The fraction of sp³-hybridized carbons (Fsp3) is 0.562. The Hall–Kier alpha value is -1.64. The van der Waals surface area contributed by atoms with Crippen molar-refractivity contribution in [1.29, 1.82) is 0 Å². The maximum Gasteiger partial charge on any atom is 0.320 e. The molecule has 24 heavy (non-hydrogen) atoms. The van der Waals surface area contributed by atoms with Crippen LogP contribution in [0.5, 0.6) is 5.75 Å². The highest BCUT2D eigenvalue weighted by atomic mass is 32.2. The van der Waals surface area contributed by atoms with E-state index >= 15 is 0 Å². The van der Waals surface area contributed by atoms with E-state index in [1.54, 1.807) is 38.1 Å². The molecule has 134 valence electrons. The Morgan fingerprint density at radius 1 is 1.12 bits per heavy atom. The molecule has 0 amide bonds. The van der Waals surface area contributed by atoms with Crippen LogP contribution in [0.2, 0.25) is 0 Å². The van der Waals surface area contributed by atoms with Gasteiger partial charge in [0.2, 0.25) is 10.0 Å². The third-order valence-corrected chi connectivity index (χ3v) is 5.66. The van der Waals surface area contributed by atoms with Crippen LogP contribution in [0.15, 0.2) is 29.2 Å². The van der Waals surface area contributed by atoms with E-state index in [2.05, 4.69) is 0 Å². The van der Waals surface area contributed by atoms with Crippen LogP contribution < -0.4 is 4.74 Å². The van der Waals surface area contributed by atoms with Gasteiger partial charge < -0.3 is 9.47 Å². The lowest BCUT2D eigenvalue weighted by Gasteiger charge is -2.33. The van der Waals surface area contributed by atoms with E-state index in [1.165, 1.54) is 11.4 Å². The minimum absolute atomic E-state index is 0.144. The zero-order valence-electron chi connectivity index (χ0n) is 14.3. The normalized spacial score (nSPS) is 17.0. The van der Waals surface area contributed by atoms with Crippen molar-refractivity contribution < 1.29 is 22.7 Å². The van der Waals surface area contributed by atoms with E-state index in [4.69, 9.17) is 9.47 Å². The zero-order valence-corrected chi connectivity index (χ0v) is 15.1. The SMILES string of the molecule is COc1ccc(S(=O)(=O)N2CCN(CC(=O)OC(C)C)CC2)cc1. The van der Waals surface area contributed by atoms with Crippen LogP contribution in [0, 0.1) is 0 Å². The molecule has 1 aromatic rings. The van der Waals surface area contributed by atoms with Crippen molar-refractivity contribution in [2.45, 2.75) is 24.8 Å². The first-order chi connectivity index (χ1) is 11.3. The van der Waals surface area contributed by atoms with E-state index in [9.17, 15) is 13.2 Å². The second-order valence-corrected chi connectivity index (χ2v) is 7.83. The molecule has 1 aliphatic rings. The topological polar surface area (TPSA) is 76.2 Å². The molecule has 0 N–H and O–H groups in total. The standard InChI is InChI=1S/C16H24N2O5S/c1-13(2)23-16(19)12-17-8-10-18(11-9-17)24(20,21)15-6-4-14(22-3)5-7-15/h4-7,13H,8-12H2,1-3H3. The Kier molecular flexibility index (Phi) is 6.20. The van der Waals surface area contributed by atoms with Crippen LogP contribution in [0.25, 0.3) is 0 Å². The maximum atomic E-state index is 12.6. The number of nitrogens with zero attached hydrogens (tertiary/aromatic N) is 2. The average molecular weight is 356 g/mol. The number of hydrogen-bond acceptors (Lipinski definition) is 6. The van der Waals surface area contributed by atoms with Crippen molar-refractivity contribution in [3.63, 3.8) is 0 Å². The van der Waals surface area contributed by atoms with Gasteiger partial charge in [-0.25, -0.2) is 8.42 Å². The van der Waals surface area contributed by atoms with Gasteiger partial charge in [0.05, 0.1) is 24.7 Å². The largest absolute Gasteiger partial charge is 0.497 e. The van der Waals surface area contributed by atoms with Crippen LogP contribution in [-0.2, 0) is 19.6 Å². The lowest BCUT2D eigenvalue weighted by Crippen LogP contribution is -2.50. The van der Waals surface area contributed by atoms with Gasteiger partial charge in [-0.1, -0.05) is 0 Å². The molecule has 0 spiro atoms. The number of ether oxygens (including phenoxy) is 2. The van der Waals surface area contributed by atoms with Gasteiger partial charge in [0.1, 0.15) is 5.75 Å². The molecule has 0 atom stereocenters. The van der Waals surface area contributed by atoms with Gasteiger partial charge in [-0.05, 0) is 38.1 Å². The summed E-state index contributed by atoms with van der Waals surface area (Å²) in [6.07, 6.45) is -0.144. The molecular weight excluding hydrogens is 332 g/mol. The summed E-state index contributed by atoms with van der Waals surface area (Å²) in [5.41, 5.74) is 0. The number of esters is 1. The molecule has 0 aliphatic carbocycles. The summed E-state index contributed by atoms with van der Waals surface area (Å²) in [7, 11) is -1.99. The molecule has 0 radical (unpaired) electrons. The van der Waals surface area contributed by atoms with Gasteiger partial charge in [0, 0.05) is 26.2 Å². The molecule has 0 saturated carbocycles. The van der Waals surface area contributed by atoms with E-state index < -0.39 is 10.0 Å². The van der Waals surface area contributed by atoms with Crippen LogP contribution >= 0.6 is 0 Å². The van der Waals surface area contributed by atoms with Crippen molar-refractivity contribution in [1.82, 2.24) is 9.21 Å². The first kappa shape index (κ1) is 18.7. The van der Waals surface area contributed by atoms with Crippen LogP contribution in [0.3, 0.4) is 0 Å². The maximum absolute atomic E-state index is 12.6. The summed E-state index contributed by atoms with van der Waals surface area (Å²) < 4.78 is 36.9. The van der Waals surface area contributed by atoms with Gasteiger partial charge >= 0.3 is 5.97 Å². The van der Waals surface area contributed by atoms with Crippen LogP contribution in [0.4, 0.5) is 0 Å². The molecule has 1 saturated heterocycles. The number of methoxy groups -OCH3 is 1. The first-order valence-corrected chi connectivity index (χ1v) is 9.33. The molecule has 1 aliphatic heterocycles. The van der Waals surface area contributed by atoms with Crippen molar-refractivity contribution in [3.05, 3.63) is 24.3 Å². The van der Waals surface area contributed by atoms with Crippen LogP contribution in [0.1, 0.15) is 13.8 Å². The molecule has 2 rings (SSSR count). The Bertz CT molecular complexity index is 650. The summed E-state index contributed by atoms with van der Waals surface area (Å²) in [5.74, 6) is 0.332. The monoisotopic (exact) mass is 356 g/mol. The minimum atomic E-state index is -3.52. The van der Waals surface area contributed by atoms with Gasteiger partial charge in [0.15, 0.2) is 0 Å². The quantitative estimate of drug-likeness (QED) is 0.707. The molecule has 1 heterocycles. The molecule has 1 fully saturated rings. The number of carbonyl (C=O) groups excluding carboxylic acids is 1. The van der Waals surface area contributed by atoms with Gasteiger partial charge in [-0.2, -0.15) is 4.31 Å². The second-order valence-electron chi connectivity index (χ2n) is 5.89. The highest BCUT2D eigenvalue weighted by Crippen LogP contribution is 2.20. The number of hydrogen-bond donors (Lipinski definition) is 0. The average Bonchev–Trinajstić information content (AvgIpc) is 2.54. The molecular formula is C16H24N2O5S. The number of piperazine rings is 1. The van der Waals surface area contributed by atoms with E-state index in [-0.39, 0.29) is 23.5 Å². The molecule has 0 unspecified atom stereocenters. The summed E-state index contributed by atoms with van der Waals surface area (Å²) in [6.45, 7) is 5.50. The van der Waals surface area contributed by atoms with E-state index in [0.29, 0.717) is 31.9 Å². The number of carbonyl (C=O) groups is 1. The Morgan fingerprint density at radius 3 is 2.21 bits per heavy atom. The highest BCUT2D eigenvalue weighted by Gasteiger charge is 2.29.